The van der Waals surface area contributed by atoms with E-state index in [4.69, 9.17) is 0 Å². The number of piperazine rings is 1. The van der Waals surface area contributed by atoms with Gasteiger partial charge in [0.15, 0.2) is 0 Å². The summed E-state index contributed by atoms with van der Waals surface area (Å²) < 4.78 is 2.45. The van der Waals surface area contributed by atoms with E-state index in [1.807, 2.05) is 6.08 Å². The van der Waals surface area contributed by atoms with Crippen LogP contribution in [-0.4, -0.2) is 35.6 Å². The normalized spacial score (nSPS) is 17.1. The van der Waals surface area contributed by atoms with E-state index < -0.39 is 0 Å². The Kier molecular flexibility index (Phi) is 5.77. The second-order valence-electron chi connectivity index (χ2n) is 8.11. The summed E-state index contributed by atoms with van der Waals surface area (Å²) >= 11 is 0. The molecule has 0 spiro atoms. The molecule has 0 bridgehead atoms. The number of benzene rings is 1. The van der Waals surface area contributed by atoms with Crippen molar-refractivity contribution in [1.29, 1.82) is 0 Å². The van der Waals surface area contributed by atoms with Crippen molar-refractivity contribution >= 4 is 11.6 Å². The first-order chi connectivity index (χ1) is 14.1. The van der Waals surface area contributed by atoms with Crippen LogP contribution < -0.4 is 5.32 Å². The molecule has 4 rings (SSSR count). The van der Waals surface area contributed by atoms with Gasteiger partial charge in [-0.25, -0.2) is 0 Å². The molecule has 1 aromatic carbocycles. The number of allylic oxidation sites excluding steroid dienone is 4. The van der Waals surface area contributed by atoms with Crippen LogP contribution in [0.1, 0.15) is 42.1 Å². The van der Waals surface area contributed by atoms with Gasteiger partial charge < -0.3 is 14.8 Å². The van der Waals surface area contributed by atoms with Gasteiger partial charge in [0.2, 0.25) is 0 Å². The first-order valence-corrected chi connectivity index (χ1v) is 10.9. The predicted octanol–water partition coefficient (Wildman–Crippen LogP) is 5.40. The fraction of sp³-hybridized carbons (Fsp3) is 0.385. The van der Waals surface area contributed by atoms with Crippen molar-refractivity contribution in [1.82, 2.24) is 14.8 Å². The first kappa shape index (κ1) is 19.8. The topological polar surface area (TPSA) is 20.2 Å². The molecule has 1 fully saturated rings. The molecule has 3 nitrogen and oxygen atoms in total. The number of nitrogens with one attached hydrogen (secondary N) is 1. The third-order valence-corrected chi connectivity index (χ3v) is 6.31. The van der Waals surface area contributed by atoms with Gasteiger partial charge in [-0.2, -0.15) is 0 Å². The minimum atomic E-state index is 0.956. The van der Waals surface area contributed by atoms with Crippen LogP contribution in [0.25, 0.3) is 22.9 Å². The Labute approximate surface area is 175 Å². The van der Waals surface area contributed by atoms with Gasteiger partial charge in [0.25, 0.3) is 0 Å². The van der Waals surface area contributed by atoms with Crippen LogP contribution in [-0.2, 0) is 6.54 Å². The van der Waals surface area contributed by atoms with Crippen molar-refractivity contribution in [2.45, 2.75) is 40.2 Å². The monoisotopic (exact) mass is 387 g/mol. The molecule has 0 radical (unpaired) electrons. The second kappa shape index (κ2) is 8.46. The van der Waals surface area contributed by atoms with Crippen LogP contribution in [0.3, 0.4) is 0 Å². The molecule has 0 unspecified atom stereocenters. The highest BCUT2D eigenvalue weighted by Gasteiger charge is 2.24. The number of hydrogen-bond donors (Lipinski definition) is 1. The summed E-state index contributed by atoms with van der Waals surface area (Å²) in [5.74, 6) is 0. The van der Waals surface area contributed by atoms with Crippen LogP contribution >= 0.6 is 0 Å². The Morgan fingerprint density at radius 2 is 1.83 bits per heavy atom. The molecule has 2 heterocycles. The van der Waals surface area contributed by atoms with Crippen LogP contribution in [0.4, 0.5) is 0 Å². The fourth-order valence-electron chi connectivity index (χ4n) is 4.77. The van der Waals surface area contributed by atoms with E-state index in [0.717, 1.165) is 45.6 Å². The molecule has 0 atom stereocenters. The maximum atomic E-state index is 4.17. The third kappa shape index (κ3) is 3.72. The molecule has 1 aromatic heterocycles. The van der Waals surface area contributed by atoms with Gasteiger partial charge in [-0.05, 0) is 50.8 Å². The minimum Gasteiger partial charge on any atom is -0.372 e. The summed E-state index contributed by atoms with van der Waals surface area (Å²) in [6.45, 7) is 16.1. The Morgan fingerprint density at radius 1 is 1.10 bits per heavy atom. The molecule has 0 saturated carbocycles. The largest absolute Gasteiger partial charge is 0.372 e. The molecule has 152 valence electrons. The number of rotatable bonds is 5. The van der Waals surface area contributed by atoms with Crippen molar-refractivity contribution in [3.05, 3.63) is 71.1 Å². The zero-order chi connectivity index (χ0) is 20.4. The van der Waals surface area contributed by atoms with Crippen molar-refractivity contribution in [3.8, 4) is 11.3 Å². The number of hydrogen-bond acceptors (Lipinski definition) is 2. The predicted molar refractivity (Wildman–Crippen MR) is 125 cm³/mol. The quantitative estimate of drug-likeness (QED) is 0.741. The smallest absolute Gasteiger partial charge is 0.0568 e. The first-order valence-electron chi connectivity index (χ1n) is 10.9. The highest BCUT2D eigenvalue weighted by Crippen LogP contribution is 2.40. The second-order valence-corrected chi connectivity index (χ2v) is 8.11. The van der Waals surface area contributed by atoms with E-state index in [-0.39, 0.29) is 0 Å². The van der Waals surface area contributed by atoms with E-state index >= 15 is 0 Å². The summed E-state index contributed by atoms with van der Waals surface area (Å²) in [6, 6.07) is 8.95. The van der Waals surface area contributed by atoms with E-state index in [1.54, 1.807) is 0 Å². The summed E-state index contributed by atoms with van der Waals surface area (Å²) in [6.07, 6.45) is 9.15. The number of aromatic nitrogens is 1. The van der Waals surface area contributed by atoms with E-state index in [9.17, 15) is 0 Å². The SMILES string of the molecule is C=Cc1c(C2=CCCC(N3CCNCC3)=C2)c(-c2ccc(C)cc2)n(CC)c1C. The van der Waals surface area contributed by atoms with Gasteiger partial charge in [0.1, 0.15) is 0 Å². The van der Waals surface area contributed by atoms with Crippen LogP contribution in [0, 0.1) is 13.8 Å². The molecular formula is C26H33N3. The molecule has 0 amide bonds. The van der Waals surface area contributed by atoms with Gasteiger partial charge in [0, 0.05) is 55.2 Å². The van der Waals surface area contributed by atoms with E-state index in [1.165, 1.54) is 44.9 Å². The van der Waals surface area contributed by atoms with Crippen LogP contribution in [0.2, 0.25) is 0 Å². The zero-order valence-corrected chi connectivity index (χ0v) is 18.1. The number of aryl methyl sites for hydroxylation is 1. The third-order valence-electron chi connectivity index (χ3n) is 6.31. The fourth-order valence-corrected chi connectivity index (χ4v) is 4.77. The van der Waals surface area contributed by atoms with Gasteiger partial charge >= 0.3 is 0 Å². The zero-order valence-electron chi connectivity index (χ0n) is 18.1. The molecule has 1 saturated heterocycles. The van der Waals surface area contributed by atoms with Gasteiger partial charge in [-0.1, -0.05) is 48.6 Å². The van der Waals surface area contributed by atoms with Crippen LogP contribution in [0.5, 0.6) is 0 Å². The lowest BCUT2D eigenvalue weighted by atomic mass is 9.91. The van der Waals surface area contributed by atoms with Gasteiger partial charge in [-0.3, -0.25) is 0 Å². The van der Waals surface area contributed by atoms with Crippen molar-refractivity contribution < 1.29 is 0 Å². The summed E-state index contributed by atoms with van der Waals surface area (Å²) in [4.78, 5) is 2.56. The van der Waals surface area contributed by atoms with Crippen molar-refractivity contribution in [2.75, 3.05) is 26.2 Å². The van der Waals surface area contributed by atoms with Gasteiger partial charge in [-0.15, -0.1) is 0 Å². The maximum Gasteiger partial charge on any atom is 0.0568 e. The molecule has 2 aromatic rings. The lowest BCUT2D eigenvalue weighted by molar-refractivity contribution is 0.290. The summed E-state index contributed by atoms with van der Waals surface area (Å²) in [5.41, 5.74) is 10.7. The standard InChI is InChI=1S/C26H33N3/c1-5-24-20(4)29(6-2)26(21-12-10-19(3)11-13-21)25(24)22-8-7-9-23(18-22)28-16-14-27-15-17-28/h5,8,10-13,18,27H,1,6-7,9,14-17H2,2-4H3. The van der Waals surface area contributed by atoms with Gasteiger partial charge in [0.05, 0.1) is 5.69 Å². The molecule has 3 heteroatoms. The highest BCUT2D eigenvalue weighted by molar-refractivity contribution is 5.91. The Balaban J connectivity index is 1.86. The lowest BCUT2D eigenvalue weighted by Gasteiger charge is -2.33. The number of nitrogens with zero attached hydrogens (tertiary/aromatic N) is 2. The van der Waals surface area contributed by atoms with Crippen molar-refractivity contribution in [3.63, 3.8) is 0 Å². The maximum absolute atomic E-state index is 4.17. The Morgan fingerprint density at radius 3 is 2.48 bits per heavy atom. The van der Waals surface area contributed by atoms with Crippen LogP contribution in [0.15, 0.2) is 48.7 Å². The highest BCUT2D eigenvalue weighted by atomic mass is 15.2. The molecular weight excluding hydrogens is 354 g/mol. The van der Waals surface area contributed by atoms with E-state index in [2.05, 4.69) is 78.6 Å². The summed E-state index contributed by atoms with van der Waals surface area (Å²) in [7, 11) is 0. The molecule has 1 aliphatic heterocycles. The van der Waals surface area contributed by atoms with E-state index in [0.29, 0.717) is 0 Å². The lowest BCUT2D eigenvalue weighted by Crippen LogP contribution is -2.43. The van der Waals surface area contributed by atoms with Crippen molar-refractivity contribution in [2.24, 2.45) is 0 Å². The molecule has 2 aliphatic rings. The molecule has 1 aliphatic carbocycles. The molecule has 1 N–H and O–H groups in total. The average Bonchev–Trinajstić information content (AvgIpc) is 3.06. The minimum absolute atomic E-state index is 0.956. The Hall–Kier alpha value is -2.52. The molecule has 29 heavy (non-hydrogen) atoms. The summed E-state index contributed by atoms with van der Waals surface area (Å²) in [5, 5.41) is 3.47. The Bertz CT molecular complexity index is 951. The average molecular weight is 388 g/mol.